The zero-order valence-electron chi connectivity index (χ0n) is 13.7. The molecule has 1 saturated carbocycles. The van der Waals surface area contributed by atoms with Crippen LogP contribution in [0.5, 0.6) is 0 Å². The van der Waals surface area contributed by atoms with Crippen LogP contribution in [-0.4, -0.2) is 52.7 Å². The highest BCUT2D eigenvalue weighted by molar-refractivity contribution is 6.33. The van der Waals surface area contributed by atoms with Crippen molar-refractivity contribution in [1.82, 2.24) is 15.2 Å². The molecular weight excluding hydrogens is 342 g/mol. The molecule has 3 aliphatic rings. The number of piperazine rings is 1. The maximum Gasteiger partial charge on any atom is 0.268 e. The van der Waals surface area contributed by atoms with Crippen molar-refractivity contribution < 1.29 is 9.59 Å². The number of amides is 2. The molecule has 8 heteroatoms. The van der Waals surface area contributed by atoms with Gasteiger partial charge in [-0.15, -0.1) is 0 Å². The van der Waals surface area contributed by atoms with Gasteiger partial charge in [0.15, 0.2) is 6.17 Å². The van der Waals surface area contributed by atoms with E-state index in [9.17, 15) is 9.59 Å². The van der Waals surface area contributed by atoms with Crippen LogP contribution in [0.15, 0.2) is 29.4 Å². The quantitative estimate of drug-likeness (QED) is 0.857. The highest BCUT2D eigenvalue weighted by atomic mass is 35.5. The number of anilines is 1. The predicted octanol–water partition coefficient (Wildman–Crippen LogP) is 1.61. The molecule has 2 aliphatic heterocycles. The Morgan fingerprint density at radius 2 is 2.04 bits per heavy atom. The van der Waals surface area contributed by atoms with Gasteiger partial charge in [-0.3, -0.25) is 15.0 Å². The van der Waals surface area contributed by atoms with Crippen LogP contribution in [0.2, 0.25) is 5.02 Å². The monoisotopic (exact) mass is 361 g/mol. The molecule has 0 aromatic heterocycles. The molecule has 3 atom stereocenters. The first-order chi connectivity index (χ1) is 12.1. The smallest absolute Gasteiger partial charge is 0.268 e. The summed E-state index contributed by atoms with van der Waals surface area (Å²) in [6.07, 6.45) is 5.34. The molecule has 0 spiro atoms. The standard InChI is InChI=1S/C17H20ClN5O2/c18-11-5-1-2-6-12(11)20-15(24)9-22-13-7-3-4-8-14(13)23-10-19-21-16(23)17(22)25/h1-2,5-6,10,13-14,16,21H,3-4,7-9H2,(H,20,24). The highest BCUT2D eigenvalue weighted by Crippen LogP contribution is 2.33. The van der Waals surface area contributed by atoms with E-state index in [4.69, 9.17) is 11.6 Å². The van der Waals surface area contributed by atoms with E-state index in [2.05, 4.69) is 15.8 Å². The van der Waals surface area contributed by atoms with Crippen LogP contribution in [0, 0.1) is 0 Å². The minimum absolute atomic E-state index is 0.0250. The maximum atomic E-state index is 12.9. The van der Waals surface area contributed by atoms with E-state index in [0.717, 1.165) is 25.7 Å². The van der Waals surface area contributed by atoms with E-state index in [-0.39, 0.29) is 30.4 Å². The number of para-hydroxylation sites is 1. The van der Waals surface area contributed by atoms with Crippen molar-refractivity contribution >= 4 is 35.4 Å². The summed E-state index contributed by atoms with van der Waals surface area (Å²) in [6, 6.07) is 7.33. The largest absolute Gasteiger partial charge is 0.327 e. The molecule has 1 aliphatic carbocycles. The van der Waals surface area contributed by atoms with Crippen molar-refractivity contribution in [1.29, 1.82) is 0 Å². The fourth-order valence-corrected chi connectivity index (χ4v) is 4.17. The lowest BCUT2D eigenvalue weighted by Gasteiger charge is -2.50. The third kappa shape index (κ3) is 2.93. The summed E-state index contributed by atoms with van der Waals surface area (Å²) >= 11 is 6.09. The lowest BCUT2D eigenvalue weighted by Crippen LogP contribution is -2.68. The van der Waals surface area contributed by atoms with Gasteiger partial charge < -0.3 is 15.1 Å². The van der Waals surface area contributed by atoms with Crippen molar-refractivity contribution in [2.45, 2.75) is 43.9 Å². The highest BCUT2D eigenvalue weighted by Gasteiger charge is 2.48. The van der Waals surface area contributed by atoms with E-state index in [1.807, 2.05) is 11.0 Å². The number of carbonyl (C=O) groups excluding carboxylic acids is 2. The number of halogens is 1. The van der Waals surface area contributed by atoms with Crippen LogP contribution >= 0.6 is 11.6 Å². The topological polar surface area (TPSA) is 77.0 Å². The van der Waals surface area contributed by atoms with Crippen LogP contribution in [0.1, 0.15) is 25.7 Å². The Kier molecular flexibility index (Phi) is 4.25. The number of fused-ring (bicyclic) bond motifs is 3. The van der Waals surface area contributed by atoms with Crippen molar-refractivity contribution in [3.63, 3.8) is 0 Å². The molecule has 4 rings (SSSR count). The fourth-order valence-electron chi connectivity index (χ4n) is 3.99. The Balaban J connectivity index is 1.51. The molecule has 0 radical (unpaired) electrons. The molecule has 2 fully saturated rings. The number of nitrogens with one attached hydrogen (secondary N) is 2. The predicted molar refractivity (Wildman–Crippen MR) is 95.1 cm³/mol. The molecule has 1 aromatic carbocycles. The van der Waals surface area contributed by atoms with E-state index >= 15 is 0 Å². The Labute approximate surface area is 151 Å². The number of hydrazone groups is 1. The van der Waals surface area contributed by atoms with Crippen LogP contribution in [0.25, 0.3) is 0 Å². The van der Waals surface area contributed by atoms with E-state index in [1.165, 1.54) is 0 Å². The van der Waals surface area contributed by atoms with Gasteiger partial charge in [-0.2, -0.15) is 5.10 Å². The van der Waals surface area contributed by atoms with E-state index in [0.29, 0.717) is 10.7 Å². The molecular formula is C17H20ClN5O2. The summed E-state index contributed by atoms with van der Waals surface area (Å²) in [7, 11) is 0. The molecule has 132 valence electrons. The number of carbonyl (C=O) groups is 2. The van der Waals surface area contributed by atoms with Crippen LogP contribution in [-0.2, 0) is 9.59 Å². The average molecular weight is 362 g/mol. The number of hydrogen-bond donors (Lipinski definition) is 2. The molecule has 2 amide bonds. The summed E-state index contributed by atoms with van der Waals surface area (Å²) in [5.41, 5.74) is 3.41. The Bertz CT molecular complexity index is 725. The zero-order chi connectivity index (χ0) is 17.4. The van der Waals surface area contributed by atoms with Gasteiger partial charge in [0.2, 0.25) is 5.91 Å². The average Bonchev–Trinajstić information content (AvgIpc) is 3.11. The second-order valence-corrected chi connectivity index (χ2v) is 7.04. The molecule has 1 saturated heterocycles. The van der Waals surface area contributed by atoms with Crippen molar-refractivity contribution in [3.05, 3.63) is 29.3 Å². The third-order valence-electron chi connectivity index (χ3n) is 5.14. The van der Waals surface area contributed by atoms with Crippen LogP contribution < -0.4 is 10.7 Å². The lowest BCUT2D eigenvalue weighted by molar-refractivity contribution is -0.151. The van der Waals surface area contributed by atoms with Crippen LogP contribution in [0.3, 0.4) is 0 Å². The Morgan fingerprint density at radius 3 is 2.84 bits per heavy atom. The van der Waals surface area contributed by atoms with Crippen LogP contribution in [0.4, 0.5) is 5.69 Å². The minimum Gasteiger partial charge on any atom is -0.327 e. The molecule has 25 heavy (non-hydrogen) atoms. The van der Waals surface area contributed by atoms with Crippen molar-refractivity contribution in [2.75, 3.05) is 11.9 Å². The van der Waals surface area contributed by atoms with Gasteiger partial charge in [0.1, 0.15) is 12.9 Å². The van der Waals surface area contributed by atoms with Gasteiger partial charge >= 0.3 is 0 Å². The second kappa shape index (κ2) is 6.55. The molecule has 2 N–H and O–H groups in total. The number of rotatable bonds is 3. The first-order valence-corrected chi connectivity index (χ1v) is 8.94. The normalized spacial score (nSPS) is 27.6. The Morgan fingerprint density at radius 1 is 1.28 bits per heavy atom. The van der Waals surface area contributed by atoms with Gasteiger partial charge in [0.25, 0.3) is 5.91 Å². The summed E-state index contributed by atoms with van der Waals surface area (Å²) in [6.45, 7) is 0.0250. The van der Waals surface area contributed by atoms with Crippen molar-refractivity contribution in [2.24, 2.45) is 5.10 Å². The lowest BCUT2D eigenvalue weighted by atomic mass is 9.85. The second-order valence-electron chi connectivity index (χ2n) is 6.64. The first kappa shape index (κ1) is 16.2. The van der Waals surface area contributed by atoms with E-state index < -0.39 is 6.17 Å². The van der Waals surface area contributed by atoms with E-state index in [1.54, 1.807) is 29.4 Å². The maximum absolute atomic E-state index is 12.9. The van der Waals surface area contributed by atoms with Gasteiger partial charge in [0.05, 0.1) is 22.8 Å². The molecule has 2 heterocycles. The number of hydrogen-bond acceptors (Lipinski definition) is 5. The Hall–Kier alpha value is -2.28. The summed E-state index contributed by atoms with van der Waals surface area (Å²) in [5.74, 6) is -0.340. The fraction of sp³-hybridized carbons (Fsp3) is 0.471. The number of benzene rings is 1. The van der Waals surface area contributed by atoms with Gasteiger partial charge in [0, 0.05) is 0 Å². The molecule has 7 nitrogen and oxygen atoms in total. The minimum atomic E-state index is -0.493. The summed E-state index contributed by atoms with van der Waals surface area (Å²) in [4.78, 5) is 29.1. The molecule has 1 aromatic rings. The SMILES string of the molecule is O=C(CN1C(=O)C2NN=CN2C2CCCCC21)Nc1ccccc1Cl. The summed E-state index contributed by atoms with van der Waals surface area (Å²) in [5, 5.41) is 7.33. The van der Waals surface area contributed by atoms with Gasteiger partial charge in [-0.1, -0.05) is 36.6 Å². The zero-order valence-corrected chi connectivity index (χ0v) is 14.4. The number of nitrogens with zero attached hydrogens (tertiary/aromatic N) is 3. The summed E-state index contributed by atoms with van der Waals surface area (Å²) < 4.78 is 0. The molecule has 3 unspecified atom stereocenters. The molecule has 0 bridgehead atoms. The first-order valence-electron chi connectivity index (χ1n) is 8.56. The van der Waals surface area contributed by atoms with Crippen molar-refractivity contribution in [3.8, 4) is 0 Å². The third-order valence-corrected chi connectivity index (χ3v) is 5.47. The van der Waals surface area contributed by atoms with Gasteiger partial charge in [-0.05, 0) is 25.0 Å². The van der Waals surface area contributed by atoms with Gasteiger partial charge in [-0.25, -0.2) is 0 Å².